The van der Waals surface area contributed by atoms with Crippen molar-refractivity contribution in [2.24, 2.45) is 0 Å². The molecule has 2 aromatic rings. The molecule has 1 aromatic heterocycles. The maximum absolute atomic E-state index is 12.4. The van der Waals surface area contributed by atoms with Gasteiger partial charge >= 0.3 is 0 Å². The van der Waals surface area contributed by atoms with Crippen LogP contribution in [-0.4, -0.2) is 57.8 Å². The number of carbonyl (C=O) groups excluding carboxylic acids is 2. The Morgan fingerprint density at radius 2 is 1.73 bits per heavy atom. The van der Waals surface area contributed by atoms with Gasteiger partial charge in [-0.25, -0.2) is 0 Å². The molecule has 7 heteroatoms. The average molecular weight is 374 g/mol. The van der Waals surface area contributed by atoms with Crippen LogP contribution in [0.1, 0.15) is 21.7 Å². The smallest absolute Gasteiger partial charge is 0.289 e. The Kier molecular flexibility index (Phi) is 5.88. The van der Waals surface area contributed by atoms with Crippen LogP contribution in [0.4, 0.5) is 0 Å². The van der Waals surface area contributed by atoms with Crippen molar-refractivity contribution in [3.8, 4) is 0 Å². The molecule has 6 nitrogen and oxygen atoms in total. The van der Waals surface area contributed by atoms with Crippen LogP contribution >= 0.6 is 0 Å². The molecule has 1 atom stereocenters. The van der Waals surface area contributed by atoms with E-state index in [0.717, 1.165) is 11.1 Å². The van der Waals surface area contributed by atoms with Gasteiger partial charge in [0.25, 0.3) is 5.91 Å². The SMILES string of the molecule is Cc1ccccc1C[S@](=O)CC(=O)N1CCN(C(=O)c2ccco2)CC1. The molecule has 1 aromatic carbocycles. The highest BCUT2D eigenvalue weighted by molar-refractivity contribution is 7.84. The summed E-state index contributed by atoms with van der Waals surface area (Å²) in [4.78, 5) is 28.0. The van der Waals surface area contributed by atoms with Gasteiger partial charge in [-0.1, -0.05) is 24.3 Å². The standard InChI is InChI=1S/C19H22N2O4S/c1-15-5-2-3-6-16(15)13-26(24)14-18(22)20-8-10-21(11-9-20)19(23)17-7-4-12-25-17/h2-7,12H,8-11,13-14H2,1H3/t26-/m0/s1. The highest BCUT2D eigenvalue weighted by atomic mass is 32.2. The summed E-state index contributed by atoms with van der Waals surface area (Å²) in [7, 11) is -1.24. The fourth-order valence-electron chi connectivity index (χ4n) is 2.94. The van der Waals surface area contributed by atoms with Crippen LogP contribution in [0.5, 0.6) is 0 Å². The zero-order valence-corrected chi connectivity index (χ0v) is 15.5. The summed E-state index contributed by atoms with van der Waals surface area (Å²) >= 11 is 0. The lowest BCUT2D eigenvalue weighted by atomic mass is 10.1. The molecule has 0 N–H and O–H groups in total. The molecule has 1 saturated heterocycles. The van der Waals surface area contributed by atoms with Gasteiger partial charge in [0.15, 0.2) is 5.76 Å². The molecule has 1 aliphatic heterocycles. The molecule has 0 saturated carbocycles. The van der Waals surface area contributed by atoms with Crippen molar-refractivity contribution in [3.63, 3.8) is 0 Å². The Morgan fingerprint density at radius 3 is 2.38 bits per heavy atom. The van der Waals surface area contributed by atoms with Crippen molar-refractivity contribution in [2.75, 3.05) is 31.9 Å². The second-order valence-electron chi connectivity index (χ2n) is 6.31. The Morgan fingerprint density at radius 1 is 1.04 bits per heavy atom. The lowest BCUT2D eigenvalue weighted by molar-refractivity contribution is -0.129. The van der Waals surface area contributed by atoms with Crippen molar-refractivity contribution in [3.05, 3.63) is 59.5 Å². The molecule has 138 valence electrons. The van der Waals surface area contributed by atoms with Crippen LogP contribution in [0.3, 0.4) is 0 Å². The third-order valence-electron chi connectivity index (χ3n) is 4.51. The Labute approximate surface area is 155 Å². The van der Waals surface area contributed by atoms with Gasteiger partial charge < -0.3 is 14.2 Å². The van der Waals surface area contributed by atoms with Gasteiger partial charge in [0.2, 0.25) is 5.91 Å². The lowest BCUT2D eigenvalue weighted by Gasteiger charge is -2.34. The van der Waals surface area contributed by atoms with Gasteiger partial charge in [-0.2, -0.15) is 0 Å². The number of hydrogen-bond donors (Lipinski definition) is 0. The fourth-order valence-corrected chi connectivity index (χ4v) is 4.17. The van der Waals surface area contributed by atoms with Crippen LogP contribution in [-0.2, 0) is 21.3 Å². The molecule has 1 aliphatic rings. The van der Waals surface area contributed by atoms with E-state index in [1.807, 2.05) is 31.2 Å². The van der Waals surface area contributed by atoms with Gasteiger partial charge in [0.1, 0.15) is 5.75 Å². The molecule has 1 fully saturated rings. The van der Waals surface area contributed by atoms with Gasteiger partial charge in [-0.15, -0.1) is 0 Å². The van der Waals surface area contributed by atoms with E-state index in [9.17, 15) is 13.8 Å². The largest absolute Gasteiger partial charge is 0.459 e. The maximum atomic E-state index is 12.4. The van der Waals surface area contributed by atoms with Crippen LogP contribution in [0, 0.1) is 6.92 Å². The van der Waals surface area contributed by atoms with Gasteiger partial charge in [0.05, 0.1) is 6.26 Å². The molecule has 0 spiro atoms. The molecule has 26 heavy (non-hydrogen) atoms. The van der Waals surface area contributed by atoms with E-state index >= 15 is 0 Å². The van der Waals surface area contributed by atoms with Crippen LogP contribution in [0.2, 0.25) is 0 Å². The minimum atomic E-state index is -1.24. The normalized spacial score (nSPS) is 15.7. The van der Waals surface area contributed by atoms with E-state index in [4.69, 9.17) is 4.42 Å². The van der Waals surface area contributed by atoms with E-state index in [-0.39, 0.29) is 17.6 Å². The van der Waals surface area contributed by atoms with E-state index in [1.54, 1.807) is 21.9 Å². The average Bonchev–Trinajstić information content (AvgIpc) is 3.18. The van der Waals surface area contributed by atoms with E-state index < -0.39 is 10.8 Å². The first-order chi connectivity index (χ1) is 12.5. The predicted molar refractivity (Wildman–Crippen MR) is 99.1 cm³/mol. The van der Waals surface area contributed by atoms with Crippen LogP contribution in [0.15, 0.2) is 47.1 Å². The molecule has 0 unspecified atom stereocenters. The molecule has 2 amide bonds. The molecular weight excluding hydrogens is 352 g/mol. The molecule has 0 aliphatic carbocycles. The van der Waals surface area contributed by atoms with Crippen molar-refractivity contribution in [1.82, 2.24) is 9.80 Å². The minimum absolute atomic E-state index is 0.0143. The Balaban J connectivity index is 1.48. The quantitative estimate of drug-likeness (QED) is 0.800. The number of hydrogen-bond acceptors (Lipinski definition) is 4. The number of amides is 2. The number of aryl methyl sites for hydroxylation is 1. The third kappa shape index (κ3) is 4.40. The van der Waals surface area contributed by atoms with Crippen molar-refractivity contribution in [1.29, 1.82) is 0 Å². The summed E-state index contributed by atoms with van der Waals surface area (Å²) in [5, 5.41) is 0. The van der Waals surface area contributed by atoms with Crippen molar-refractivity contribution < 1.29 is 18.2 Å². The lowest BCUT2D eigenvalue weighted by Crippen LogP contribution is -2.51. The maximum Gasteiger partial charge on any atom is 0.289 e. The summed E-state index contributed by atoms with van der Waals surface area (Å²) in [5.41, 5.74) is 2.09. The fraction of sp³-hybridized carbons (Fsp3) is 0.368. The minimum Gasteiger partial charge on any atom is -0.459 e. The summed E-state index contributed by atoms with van der Waals surface area (Å²) in [6, 6.07) is 11.1. The Hall–Kier alpha value is -2.41. The van der Waals surface area contributed by atoms with Crippen molar-refractivity contribution in [2.45, 2.75) is 12.7 Å². The van der Waals surface area contributed by atoms with Crippen LogP contribution < -0.4 is 0 Å². The first kappa shape index (κ1) is 18.4. The monoisotopic (exact) mass is 374 g/mol. The number of benzene rings is 1. The zero-order valence-electron chi connectivity index (χ0n) is 14.7. The summed E-state index contributed by atoms with van der Waals surface area (Å²) in [6.07, 6.45) is 1.47. The summed E-state index contributed by atoms with van der Waals surface area (Å²) in [5.74, 6) is 0.423. The number of piperazine rings is 1. The third-order valence-corrected chi connectivity index (χ3v) is 5.72. The van der Waals surface area contributed by atoms with Gasteiger partial charge in [0, 0.05) is 42.7 Å². The van der Waals surface area contributed by atoms with Gasteiger partial charge in [-0.3, -0.25) is 13.8 Å². The summed E-state index contributed by atoms with van der Waals surface area (Å²) < 4.78 is 17.5. The first-order valence-corrected chi connectivity index (χ1v) is 10.0. The van der Waals surface area contributed by atoms with Gasteiger partial charge in [-0.05, 0) is 30.2 Å². The second-order valence-corrected chi connectivity index (χ2v) is 7.76. The van der Waals surface area contributed by atoms with Crippen LogP contribution in [0.25, 0.3) is 0 Å². The molecule has 3 rings (SSSR count). The van der Waals surface area contributed by atoms with E-state index in [2.05, 4.69) is 0 Å². The number of rotatable bonds is 5. The van der Waals surface area contributed by atoms with E-state index in [1.165, 1.54) is 6.26 Å². The highest BCUT2D eigenvalue weighted by Crippen LogP contribution is 2.12. The number of nitrogens with zero attached hydrogens (tertiary/aromatic N) is 2. The number of furan rings is 1. The second kappa shape index (κ2) is 8.31. The zero-order chi connectivity index (χ0) is 18.5. The van der Waals surface area contributed by atoms with E-state index in [0.29, 0.717) is 37.7 Å². The molecule has 2 heterocycles. The topological polar surface area (TPSA) is 70.8 Å². The molecule has 0 radical (unpaired) electrons. The van der Waals surface area contributed by atoms with Crippen molar-refractivity contribution >= 4 is 22.6 Å². The number of carbonyl (C=O) groups is 2. The predicted octanol–water partition coefficient (Wildman–Crippen LogP) is 1.82. The summed E-state index contributed by atoms with van der Waals surface area (Å²) in [6.45, 7) is 3.79. The highest BCUT2D eigenvalue weighted by Gasteiger charge is 2.26. The molecule has 0 bridgehead atoms. The molecular formula is C19H22N2O4S. The first-order valence-electron chi connectivity index (χ1n) is 8.54. The Bertz CT molecular complexity index is 796.